The Morgan fingerprint density at radius 1 is 1.12 bits per heavy atom. The lowest BCUT2D eigenvalue weighted by molar-refractivity contribution is -0.178. The van der Waals surface area contributed by atoms with Crippen LogP contribution in [0.25, 0.3) is 0 Å². The maximum atomic E-state index is 13.4. The van der Waals surface area contributed by atoms with E-state index in [0.29, 0.717) is 5.92 Å². The Morgan fingerprint density at radius 3 is 2.38 bits per heavy atom. The molecule has 3 rings (SSSR count). The third kappa shape index (κ3) is 3.47. The predicted octanol–water partition coefficient (Wildman–Crippen LogP) is 6.62. The highest BCUT2D eigenvalue weighted by atomic mass is 16.6. The fraction of sp³-hybridized carbons (Fsp3) is 0.958. The maximum absolute atomic E-state index is 13.4. The maximum Gasteiger partial charge on any atom is 0.310 e. The molecular weight excluding hydrogens is 320 g/mol. The minimum absolute atomic E-state index is 0.00206. The summed E-state index contributed by atoms with van der Waals surface area (Å²) in [6.45, 7) is 15.8. The van der Waals surface area contributed by atoms with Gasteiger partial charge < -0.3 is 4.74 Å². The van der Waals surface area contributed by atoms with Crippen LogP contribution >= 0.6 is 0 Å². The van der Waals surface area contributed by atoms with E-state index in [1.807, 2.05) is 0 Å². The van der Waals surface area contributed by atoms with Crippen LogP contribution in [0.5, 0.6) is 0 Å². The Labute approximate surface area is 161 Å². The van der Waals surface area contributed by atoms with Crippen molar-refractivity contribution in [2.75, 3.05) is 0 Å². The van der Waals surface area contributed by atoms with Crippen molar-refractivity contribution in [2.45, 2.75) is 105 Å². The average molecular weight is 363 g/mol. The van der Waals surface area contributed by atoms with E-state index >= 15 is 0 Å². The fourth-order valence-corrected chi connectivity index (χ4v) is 6.43. The zero-order chi connectivity index (χ0) is 19.3. The molecule has 0 radical (unpaired) electrons. The van der Waals surface area contributed by atoms with Gasteiger partial charge in [0.05, 0.1) is 5.92 Å². The van der Waals surface area contributed by atoms with Crippen molar-refractivity contribution in [3.63, 3.8) is 0 Å². The van der Waals surface area contributed by atoms with Gasteiger partial charge in [-0.3, -0.25) is 4.79 Å². The Morgan fingerprint density at radius 2 is 1.77 bits per heavy atom. The molecule has 0 aromatic heterocycles. The third-order valence-electron chi connectivity index (χ3n) is 8.94. The van der Waals surface area contributed by atoms with Crippen LogP contribution < -0.4 is 0 Å². The third-order valence-corrected chi connectivity index (χ3v) is 8.94. The Kier molecular flexibility index (Phi) is 5.30. The number of ether oxygens (including phenoxy) is 1. The van der Waals surface area contributed by atoms with Gasteiger partial charge in [-0.05, 0) is 67.6 Å². The van der Waals surface area contributed by atoms with Gasteiger partial charge in [0.1, 0.15) is 5.60 Å². The van der Waals surface area contributed by atoms with Gasteiger partial charge in [-0.15, -0.1) is 0 Å². The smallest absolute Gasteiger partial charge is 0.310 e. The lowest BCUT2D eigenvalue weighted by Gasteiger charge is -2.43. The van der Waals surface area contributed by atoms with Crippen molar-refractivity contribution in [2.24, 2.45) is 40.4 Å². The normalized spacial score (nSPS) is 37.7. The van der Waals surface area contributed by atoms with E-state index in [4.69, 9.17) is 4.74 Å². The summed E-state index contributed by atoms with van der Waals surface area (Å²) in [7, 11) is 0. The summed E-state index contributed by atoms with van der Waals surface area (Å²) in [5, 5.41) is 0. The number of carbonyl (C=O) groups excluding carboxylic acids is 1. The van der Waals surface area contributed by atoms with Gasteiger partial charge in [0.2, 0.25) is 0 Å². The number of fused-ring (bicyclic) bond motifs is 5. The van der Waals surface area contributed by atoms with E-state index in [-0.39, 0.29) is 28.3 Å². The highest BCUT2D eigenvalue weighted by Gasteiger charge is 2.61. The van der Waals surface area contributed by atoms with Gasteiger partial charge in [-0.25, -0.2) is 0 Å². The minimum atomic E-state index is -0.203. The molecule has 0 heterocycles. The molecule has 2 heteroatoms. The molecule has 0 amide bonds. The summed E-state index contributed by atoms with van der Waals surface area (Å²) in [5.41, 5.74) is -0.0264. The standard InChI is InChI=1S/C24H42O2/c1-8-22(3,4)15-20(23(5,6)9-2)21(25)26-24(7)14-16-13-19(24)18-12-10-11-17(16)18/h16-20H,8-15H2,1-7H3. The zero-order valence-electron chi connectivity index (χ0n) is 18.4. The molecule has 2 nitrogen and oxygen atoms in total. The number of hydrogen-bond donors (Lipinski definition) is 0. The minimum Gasteiger partial charge on any atom is -0.459 e. The molecule has 6 atom stereocenters. The zero-order valence-corrected chi connectivity index (χ0v) is 18.4. The summed E-state index contributed by atoms with van der Waals surface area (Å²) in [4.78, 5) is 13.4. The second-order valence-electron chi connectivity index (χ2n) is 11.4. The van der Waals surface area contributed by atoms with Gasteiger partial charge in [0.15, 0.2) is 0 Å². The number of carbonyl (C=O) groups is 1. The summed E-state index contributed by atoms with van der Waals surface area (Å²) in [6, 6.07) is 0. The number of esters is 1. The molecule has 0 spiro atoms. The first kappa shape index (κ1) is 20.2. The second kappa shape index (κ2) is 6.82. The first-order valence-corrected chi connectivity index (χ1v) is 11.3. The molecule has 6 unspecified atom stereocenters. The van der Waals surface area contributed by atoms with Crippen LogP contribution in [0.15, 0.2) is 0 Å². The van der Waals surface area contributed by atoms with Crippen molar-refractivity contribution < 1.29 is 9.53 Å². The van der Waals surface area contributed by atoms with E-state index in [9.17, 15) is 4.79 Å². The monoisotopic (exact) mass is 362 g/mol. The molecule has 0 aromatic carbocycles. The molecular formula is C24H42O2. The summed E-state index contributed by atoms with van der Waals surface area (Å²) >= 11 is 0. The average Bonchev–Trinajstić information content (AvgIpc) is 3.24. The molecule has 26 heavy (non-hydrogen) atoms. The lowest BCUT2D eigenvalue weighted by atomic mass is 9.68. The van der Waals surface area contributed by atoms with Gasteiger partial charge in [-0.2, -0.15) is 0 Å². The van der Waals surface area contributed by atoms with Crippen molar-refractivity contribution in [1.82, 2.24) is 0 Å². The predicted molar refractivity (Wildman–Crippen MR) is 108 cm³/mol. The Hall–Kier alpha value is -0.530. The van der Waals surface area contributed by atoms with Crippen LogP contribution in [0.3, 0.4) is 0 Å². The van der Waals surface area contributed by atoms with Gasteiger partial charge in [-0.1, -0.05) is 60.8 Å². The van der Waals surface area contributed by atoms with Crippen LogP contribution in [0.2, 0.25) is 0 Å². The summed E-state index contributed by atoms with van der Waals surface area (Å²) < 4.78 is 6.44. The van der Waals surface area contributed by atoms with Crippen LogP contribution in [0.4, 0.5) is 0 Å². The molecule has 3 fully saturated rings. The Bertz CT molecular complexity index is 534. The van der Waals surface area contributed by atoms with Gasteiger partial charge in [0.25, 0.3) is 0 Å². The van der Waals surface area contributed by atoms with Crippen LogP contribution in [-0.2, 0) is 9.53 Å². The highest BCUT2D eigenvalue weighted by Crippen LogP contribution is 2.63. The highest BCUT2D eigenvalue weighted by molar-refractivity contribution is 5.74. The number of hydrogen-bond acceptors (Lipinski definition) is 2. The molecule has 3 saturated carbocycles. The van der Waals surface area contributed by atoms with Crippen molar-refractivity contribution in [1.29, 1.82) is 0 Å². The molecule has 0 saturated heterocycles. The van der Waals surface area contributed by atoms with Gasteiger partial charge >= 0.3 is 5.97 Å². The molecule has 0 aliphatic heterocycles. The Balaban J connectivity index is 1.75. The largest absolute Gasteiger partial charge is 0.459 e. The van der Waals surface area contributed by atoms with E-state index < -0.39 is 0 Å². The van der Waals surface area contributed by atoms with Crippen molar-refractivity contribution in [3.8, 4) is 0 Å². The molecule has 0 aromatic rings. The summed E-state index contributed by atoms with van der Waals surface area (Å²) in [5.74, 6) is 3.29. The first-order valence-electron chi connectivity index (χ1n) is 11.3. The molecule has 3 aliphatic carbocycles. The molecule has 150 valence electrons. The molecule has 2 bridgehead atoms. The van der Waals surface area contributed by atoms with E-state index in [1.54, 1.807) is 0 Å². The SMILES string of the molecule is CCC(C)(C)CC(C(=O)OC1(C)CC2CC1C1CCCC21)C(C)(C)CC. The van der Waals surface area contributed by atoms with Gasteiger partial charge in [0, 0.05) is 5.92 Å². The van der Waals surface area contributed by atoms with Crippen molar-refractivity contribution in [3.05, 3.63) is 0 Å². The topological polar surface area (TPSA) is 26.3 Å². The second-order valence-corrected chi connectivity index (χ2v) is 11.4. The molecule has 0 N–H and O–H groups in total. The quantitative estimate of drug-likeness (QED) is 0.475. The van der Waals surface area contributed by atoms with Crippen molar-refractivity contribution >= 4 is 5.97 Å². The molecule has 3 aliphatic rings. The lowest BCUT2D eigenvalue weighted by Crippen LogP contribution is -2.46. The summed E-state index contributed by atoms with van der Waals surface area (Å²) in [6.07, 6.45) is 9.64. The van der Waals surface area contributed by atoms with Crippen LogP contribution in [-0.4, -0.2) is 11.6 Å². The van der Waals surface area contributed by atoms with Crippen LogP contribution in [0, 0.1) is 40.4 Å². The first-order chi connectivity index (χ1) is 12.0. The number of rotatable bonds is 7. The van der Waals surface area contributed by atoms with E-state index in [2.05, 4.69) is 48.5 Å². The van der Waals surface area contributed by atoms with E-state index in [1.165, 1.54) is 25.7 Å². The van der Waals surface area contributed by atoms with E-state index in [0.717, 1.165) is 43.4 Å². The fourth-order valence-electron chi connectivity index (χ4n) is 6.43. The van der Waals surface area contributed by atoms with Crippen LogP contribution in [0.1, 0.15) is 99.8 Å².